The van der Waals surface area contributed by atoms with Gasteiger partial charge in [-0.05, 0) is 78.9 Å². The molecule has 0 saturated carbocycles. The van der Waals surface area contributed by atoms with Gasteiger partial charge in [0.25, 0.3) is 0 Å². The summed E-state index contributed by atoms with van der Waals surface area (Å²) in [5, 5.41) is 7.55. The molecule has 0 aliphatic rings. The SMILES string of the molecule is CC[B-](CC)(CC)CC.c1ccc(P(=[N+]=P(c2ccccc2)(c2ccccc2)c2ccccc2)(c2ccccc2)c2ccccc2)cc1. The molecule has 0 heterocycles. The molecule has 1 nitrogen and oxygen atoms in total. The molecule has 4 heteroatoms. The second-order valence-electron chi connectivity index (χ2n) is 12.7. The molecule has 0 aromatic heterocycles. The normalized spacial score (nSPS) is 11.6. The summed E-state index contributed by atoms with van der Waals surface area (Å²) >= 11 is 0. The van der Waals surface area contributed by atoms with E-state index in [1.165, 1.54) is 57.1 Å². The van der Waals surface area contributed by atoms with Gasteiger partial charge < -0.3 is 0 Å². The topological polar surface area (TPSA) is 14.1 Å². The summed E-state index contributed by atoms with van der Waals surface area (Å²) in [7, 11) is -4.99. The van der Waals surface area contributed by atoms with Crippen molar-refractivity contribution in [3.8, 4) is 0 Å². The highest BCUT2D eigenvalue weighted by atomic mass is 31.2. The number of hydrogen-bond acceptors (Lipinski definition) is 0. The summed E-state index contributed by atoms with van der Waals surface area (Å²) in [5.74, 6) is 0. The Hall–Kier alpha value is -4.05. The Bertz CT molecular complexity index is 1580. The molecule has 6 aromatic carbocycles. The Morgan fingerprint density at radius 1 is 0.312 bits per heavy atom. The average Bonchev–Trinajstić information content (AvgIpc) is 3.19. The predicted octanol–water partition coefficient (Wildman–Crippen LogP) is 9.92. The van der Waals surface area contributed by atoms with Crippen molar-refractivity contribution in [3.63, 3.8) is 0 Å². The first kappa shape index (κ1) is 35.3. The minimum Gasteiger partial charge on any atom is -0.181 e. The number of benzene rings is 6. The fourth-order valence-corrected chi connectivity index (χ4v) is 16.5. The van der Waals surface area contributed by atoms with E-state index in [0.29, 0.717) is 0 Å². The van der Waals surface area contributed by atoms with Crippen LogP contribution in [0, 0.1) is 0 Å². The largest absolute Gasteiger partial charge is 0.301 e. The highest BCUT2D eigenvalue weighted by molar-refractivity contribution is 7.93. The van der Waals surface area contributed by atoms with E-state index in [0.717, 1.165) is 0 Å². The van der Waals surface area contributed by atoms with Gasteiger partial charge >= 0.3 is 14.1 Å². The van der Waals surface area contributed by atoms with E-state index in [1.807, 2.05) is 0 Å². The lowest BCUT2D eigenvalue weighted by Gasteiger charge is -2.34. The zero-order chi connectivity index (χ0) is 33.7. The smallest absolute Gasteiger partial charge is 0.181 e. The summed E-state index contributed by atoms with van der Waals surface area (Å²) in [5.41, 5.74) is 0. The van der Waals surface area contributed by atoms with Crippen molar-refractivity contribution in [1.82, 2.24) is 4.17 Å². The van der Waals surface area contributed by atoms with Crippen LogP contribution in [0.1, 0.15) is 27.7 Å². The summed E-state index contributed by atoms with van der Waals surface area (Å²) in [4.78, 5) is 0. The van der Waals surface area contributed by atoms with Gasteiger partial charge in [0, 0.05) is 0 Å². The molecular formula is C44H50BNP2. The van der Waals surface area contributed by atoms with Crippen LogP contribution >= 0.6 is 14.1 Å². The van der Waals surface area contributed by atoms with Crippen LogP contribution in [0.3, 0.4) is 0 Å². The molecular weight excluding hydrogens is 615 g/mol. The molecule has 0 radical (unpaired) electrons. The van der Waals surface area contributed by atoms with Gasteiger partial charge in [0.1, 0.15) is 0 Å². The van der Waals surface area contributed by atoms with Gasteiger partial charge in [0.2, 0.25) is 0 Å². The molecule has 0 spiro atoms. The molecule has 244 valence electrons. The molecule has 6 rings (SSSR count). The number of nitrogens with zero attached hydrogens (tertiary/aromatic N) is 1. The van der Waals surface area contributed by atoms with Crippen molar-refractivity contribution in [2.75, 3.05) is 0 Å². The number of hydrogen-bond donors (Lipinski definition) is 0. The Morgan fingerprint density at radius 2 is 0.479 bits per heavy atom. The van der Waals surface area contributed by atoms with Gasteiger partial charge in [-0.2, -0.15) is 25.3 Å². The maximum Gasteiger partial charge on any atom is 0.301 e. The lowest BCUT2D eigenvalue weighted by Crippen LogP contribution is -2.31. The molecule has 0 atom stereocenters. The molecule has 0 unspecified atom stereocenters. The monoisotopic (exact) mass is 665 g/mol. The van der Waals surface area contributed by atoms with E-state index >= 15 is 0 Å². The van der Waals surface area contributed by atoms with E-state index < -0.39 is 14.1 Å². The quantitative estimate of drug-likeness (QED) is 0.0786. The lowest BCUT2D eigenvalue weighted by atomic mass is 9.19. The van der Waals surface area contributed by atoms with Gasteiger partial charge in [-0.1, -0.05) is 137 Å². The van der Waals surface area contributed by atoms with Gasteiger partial charge in [0.05, 0.1) is 31.8 Å². The van der Waals surface area contributed by atoms with Crippen LogP contribution in [0.25, 0.3) is 0 Å². The molecule has 0 fully saturated rings. The Kier molecular flexibility index (Phi) is 12.4. The maximum absolute atomic E-state index is 6.38. The maximum atomic E-state index is 6.38. The second-order valence-corrected chi connectivity index (χ2v) is 19.1. The third kappa shape index (κ3) is 7.33. The third-order valence-electron chi connectivity index (χ3n) is 10.5. The molecule has 0 N–H and O–H groups in total. The zero-order valence-corrected chi connectivity index (χ0v) is 30.9. The first-order valence-electron chi connectivity index (χ1n) is 17.7. The molecule has 0 aliphatic heterocycles. The van der Waals surface area contributed by atoms with Crippen LogP contribution in [0.5, 0.6) is 0 Å². The summed E-state index contributed by atoms with van der Waals surface area (Å²) in [6.07, 6.45) is 5.68. The predicted molar refractivity (Wildman–Crippen MR) is 220 cm³/mol. The van der Waals surface area contributed by atoms with E-state index in [4.69, 9.17) is 4.17 Å². The van der Waals surface area contributed by atoms with E-state index in [2.05, 4.69) is 210 Å². The fourth-order valence-electron chi connectivity index (χ4n) is 7.00. The van der Waals surface area contributed by atoms with Crippen molar-refractivity contribution in [2.24, 2.45) is 0 Å². The van der Waals surface area contributed by atoms with Crippen LogP contribution in [-0.4, -0.2) is 6.15 Å². The lowest BCUT2D eigenvalue weighted by molar-refractivity contribution is 1.11. The fraction of sp³-hybridized carbons (Fsp3) is 0.182. The minimum atomic E-state index is -2.50. The van der Waals surface area contributed by atoms with Crippen molar-refractivity contribution >= 4 is 52.1 Å². The standard InChI is InChI=1S/C36H30NP2.C8H20B/c1-7-19-31(20-8-1)38(32-21-9-2-10-22-32,33-23-11-3-12-24-33)37-39(34-25-13-4-14-26-34,35-27-15-5-16-28-35)36-29-17-6-18-30-36;1-5-9(6-2,7-3)8-4/h1-30H;5-8H2,1-4H3/q+1;-1. The first-order chi connectivity index (χ1) is 23.6. The Labute approximate surface area is 290 Å². The molecule has 48 heavy (non-hydrogen) atoms. The van der Waals surface area contributed by atoms with Crippen molar-refractivity contribution in [3.05, 3.63) is 182 Å². The third-order valence-corrected chi connectivity index (χ3v) is 18.9. The zero-order valence-electron chi connectivity index (χ0n) is 29.1. The molecule has 6 aromatic rings. The first-order valence-corrected chi connectivity index (χ1v) is 21.2. The molecule has 0 aliphatic carbocycles. The van der Waals surface area contributed by atoms with Crippen LogP contribution in [0.4, 0.5) is 0 Å². The molecule has 0 saturated heterocycles. The number of rotatable bonds is 10. The van der Waals surface area contributed by atoms with Gasteiger partial charge in [-0.15, -0.1) is 4.17 Å². The van der Waals surface area contributed by atoms with Crippen molar-refractivity contribution in [2.45, 2.75) is 53.0 Å². The summed E-state index contributed by atoms with van der Waals surface area (Å²) in [6.45, 7) is 9.32. The summed E-state index contributed by atoms with van der Waals surface area (Å²) in [6, 6.07) is 65.7. The summed E-state index contributed by atoms with van der Waals surface area (Å²) < 4.78 is 6.38. The van der Waals surface area contributed by atoms with Crippen molar-refractivity contribution in [1.29, 1.82) is 0 Å². The molecule has 0 amide bonds. The Balaban J connectivity index is 0.000000441. The van der Waals surface area contributed by atoms with Crippen molar-refractivity contribution < 1.29 is 0 Å². The van der Waals surface area contributed by atoms with E-state index in [-0.39, 0.29) is 6.15 Å². The van der Waals surface area contributed by atoms with Crippen LogP contribution in [0.15, 0.2) is 182 Å². The van der Waals surface area contributed by atoms with E-state index in [9.17, 15) is 0 Å². The van der Waals surface area contributed by atoms with Gasteiger partial charge in [-0.25, -0.2) is 0 Å². The van der Waals surface area contributed by atoms with E-state index in [1.54, 1.807) is 0 Å². The van der Waals surface area contributed by atoms with Crippen LogP contribution in [-0.2, 0) is 0 Å². The molecule has 0 bridgehead atoms. The highest BCUT2D eigenvalue weighted by Gasteiger charge is 2.44. The van der Waals surface area contributed by atoms with Gasteiger partial charge in [0.15, 0.2) is 0 Å². The second kappa shape index (κ2) is 16.9. The highest BCUT2D eigenvalue weighted by Crippen LogP contribution is 2.50. The van der Waals surface area contributed by atoms with Crippen LogP contribution in [0.2, 0.25) is 25.3 Å². The average molecular weight is 666 g/mol. The Morgan fingerprint density at radius 3 is 0.604 bits per heavy atom. The van der Waals surface area contributed by atoms with Gasteiger partial charge in [-0.3, -0.25) is 0 Å². The van der Waals surface area contributed by atoms with Crippen LogP contribution < -0.4 is 36.0 Å². The minimum absolute atomic E-state index is 0.0556.